The number of amides is 1. The summed E-state index contributed by atoms with van der Waals surface area (Å²) in [6.07, 6.45) is 0. The van der Waals surface area contributed by atoms with Gasteiger partial charge in [0.05, 0.1) is 11.4 Å². The Hall–Kier alpha value is -3.44. The summed E-state index contributed by atoms with van der Waals surface area (Å²) in [6, 6.07) is 23.9. The fourth-order valence-electron chi connectivity index (χ4n) is 2.83. The summed E-state index contributed by atoms with van der Waals surface area (Å²) in [6.45, 7) is 0. The highest BCUT2D eigenvalue weighted by Gasteiger charge is 2.16. The van der Waals surface area contributed by atoms with Crippen LogP contribution in [0.25, 0.3) is 16.9 Å². The minimum absolute atomic E-state index is 0.311. The molecule has 1 heterocycles. The maximum Gasteiger partial charge on any atom is 0.256 e. The van der Waals surface area contributed by atoms with Gasteiger partial charge in [0.25, 0.3) is 5.91 Å². The van der Waals surface area contributed by atoms with Gasteiger partial charge < -0.3 is 5.32 Å². The van der Waals surface area contributed by atoms with Gasteiger partial charge in [-0.3, -0.25) is 4.79 Å². The van der Waals surface area contributed by atoms with Crippen molar-refractivity contribution in [2.75, 3.05) is 5.32 Å². The smallest absolute Gasteiger partial charge is 0.256 e. The normalized spacial score (nSPS) is 10.6. The van der Waals surface area contributed by atoms with Crippen LogP contribution >= 0.6 is 11.6 Å². The van der Waals surface area contributed by atoms with Gasteiger partial charge in [-0.2, -0.15) is 5.10 Å². The van der Waals surface area contributed by atoms with Gasteiger partial charge in [0.2, 0.25) is 0 Å². The highest BCUT2D eigenvalue weighted by atomic mass is 35.5. The maximum absolute atomic E-state index is 14.2. The largest absolute Gasteiger partial charge is 0.306 e. The SMILES string of the molecule is O=C(Nc1cc(-c2ccccc2F)nn1-c1ccccc1)c1ccc(Cl)cc1. The lowest BCUT2D eigenvalue weighted by Gasteiger charge is -2.09. The number of hydrogen-bond donors (Lipinski definition) is 1. The summed E-state index contributed by atoms with van der Waals surface area (Å²) in [5.41, 5.74) is 1.99. The highest BCUT2D eigenvalue weighted by molar-refractivity contribution is 6.30. The van der Waals surface area contributed by atoms with E-state index in [0.717, 1.165) is 5.69 Å². The van der Waals surface area contributed by atoms with Gasteiger partial charge in [0.1, 0.15) is 11.6 Å². The fourth-order valence-corrected chi connectivity index (χ4v) is 2.95. The van der Waals surface area contributed by atoms with Gasteiger partial charge in [-0.15, -0.1) is 0 Å². The number of carbonyl (C=O) groups is 1. The van der Waals surface area contributed by atoms with Crippen LogP contribution in [0.1, 0.15) is 10.4 Å². The molecule has 0 bridgehead atoms. The van der Waals surface area contributed by atoms with Crippen molar-refractivity contribution in [1.29, 1.82) is 0 Å². The predicted molar refractivity (Wildman–Crippen MR) is 108 cm³/mol. The molecule has 0 aliphatic carbocycles. The number of nitrogens with one attached hydrogen (secondary N) is 1. The third-order valence-electron chi connectivity index (χ3n) is 4.21. The molecule has 6 heteroatoms. The van der Waals surface area contributed by atoms with Crippen molar-refractivity contribution >= 4 is 23.3 Å². The van der Waals surface area contributed by atoms with E-state index in [4.69, 9.17) is 11.6 Å². The van der Waals surface area contributed by atoms with E-state index >= 15 is 0 Å². The zero-order chi connectivity index (χ0) is 19.5. The molecule has 0 radical (unpaired) electrons. The second-order valence-electron chi connectivity index (χ2n) is 6.10. The summed E-state index contributed by atoms with van der Waals surface area (Å²) in [4.78, 5) is 12.7. The van der Waals surface area contributed by atoms with E-state index in [1.165, 1.54) is 6.07 Å². The molecule has 0 saturated heterocycles. The summed E-state index contributed by atoms with van der Waals surface area (Å²) in [5.74, 6) is -0.256. The molecule has 4 nitrogen and oxygen atoms in total. The van der Waals surface area contributed by atoms with Crippen molar-refractivity contribution in [2.24, 2.45) is 0 Å². The molecule has 3 aromatic carbocycles. The van der Waals surface area contributed by atoms with Gasteiger partial charge in [0, 0.05) is 22.2 Å². The quantitative estimate of drug-likeness (QED) is 0.493. The van der Waals surface area contributed by atoms with E-state index in [9.17, 15) is 9.18 Å². The number of aromatic nitrogens is 2. The van der Waals surface area contributed by atoms with Crippen molar-refractivity contribution < 1.29 is 9.18 Å². The molecular weight excluding hydrogens is 377 g/mol. The standard InChI is InChI=1S/C22H15ClFN3O/c23-16-12-10-15(11-13-16)22(28)25-21-14-20(18-8-4-5-9-19(18)24)26-27(21)17-6-2-1-3-7-17/h1-14H,(H,25,28). The Balaban J connectivity index is 1.75. The van der Waals surface area contributed by atoms with E-state index in [-0.39, 0.29) is 11.7 Å². The molecule has 1 aromatic heterocycles. The Kier molecular flexibility index (Phi) is 4.91. The molecule has 1 amide bonds. The third kappa shape index (κ3) is 3.66. The summed E-state index contributed by atoms with van der Waals surface area (Å²) < 4.78 is 15.8. The molecule has 4 aromatic rings. The molecule has 4 rings (SSSR count). The number of rotatable bonds is 4. The number of para-hydroxylation sites is 1. The molecule has 0 unspecified atom stereocenters. The first kappa shape index (κ1) is 17.9. The van der Waals surface area contributed by atoms with Crippen LogP contribution in [0.3, 0.4) is 0 Å². The first-order chi connectivity index (χ1) is 13.6. The molecule has 0 aliphatic rings. The lowest BCUT2D eigenvalue weighted by molar-refractivity contribution is 0.102. The lowest BCUT2D eigenvalue weighted by Crippen LogP contribution is -2.15. The van der Waals surface area contributed by atoms with Crippen LogP contribution in [0.5, 0.6) is 0 Å². The van der Waals surface area contributed by atoms with Crippen molar-refractivity contribution in [1.82, 2.24) is 9.78 Å². The average Bonchev–Trinajstić information content (AvgIpc) is 3.13. The van der Waals surface area contributed by atoms with Crippen LogP contribution in [-0.4, -0.2) is 15.7 Å². The number of benzene rings is 3. The molecule has 0 saturated carbocycles. The minimum atomic E-state index is -0.379. The van der Waals surface area contributed by atoms with Crippen molar-refractivity contribution in [3.8, 4) is 16.9 Å². The number of carbonyl (C=O) groups excluding carboxylic acids is 1. The molecule has 0 fully saturated rings. The molecule has 0 spiro atoms. The summed E-state index contributed by atoms with van der Waals surface area (Å²) in [7, 11) is 0. The Labute approximate surface area is 166 Å². The first-order valence-electron chi connectivity index (χ1n) is 8.59. The van der Waals surface area contributed by atoms with Crippen LogP contribution in [0.4, 0.5) is 10.2 Å². The average molecular weight is 392 g/mol. The Morgan fingerprint density at radius 2 is 1.61 bits per heavy atom. The zero-order valence-corrected chi connectivity index (χ0v) is 15.4. The minimum Gasteiger partial charge on any atom is -0.306 e. The third-order valence-corrected chi connectivity index (χ3v) is 4.46. The van der Waals surface area contributed by atoms with Crippen molar-refractivity contribution in [3.63, 3.8) is 0 Å². The van der Waals surface area contributed by atoms with E-state index in [2.05, 4.69) is 10.4 Å². The molecular formula is C22H15ClFN3O. The van der Waals surface area contributed by atoms with Crippen LogP contribution in [0.2, 0.25) is 5.02 Å². The van der Waals surface area contributed by atoms with E-state index in [0.29, 0.717) is 27.7 Å². The second-order valence-corrected chi connectivity index (χ2v) is 6.54. The van der Waals surface area contributed by atoms with Crippen LogP contribution in [0, 0.1) is 5.82 Å². The monoisotopic (exact) mass is 391 g/mol. The van der Waals surface area contributed by atoms with E-state index < -0.39 is 0 Å². The predicted octanol–water partition coefficient (Wildman–Crippen LogP) is 5.58. The number of halogens is 2. The molecule has 138 valence electrons. The lowest BCUT2D eigenvalue weighted by atomic mass is 10.1. The van der Waals surface area contributed by atoms with E-state index in [1.807, 2.05) is 30.3 Å². The van der Waals surface area contributed by atoms with Gasteiger partial charge in [0.15, 0.2) is 0 Å². The Morgan fingerprint density at radius 3 is 2.32 bits per heavy atom. The number of nitrogens with zero attached hydrogens (tertiary/aromatic N) is 2. The van der Waals surface area contributed by atoms with Crippen LogP contribution in [0.15, 0.2) is 84.9 Å². The van der Waals surface area contributed by atoms with Gasteiger partial charge in [-0.25, -0.2) is 9.07 Å². The number of anilines is 1. The van der Waals surface area contributed by atoms with Gasteiger partial charge in [-0.05, 0) is 48.5 Å². The fraction of sp³-hybridized carbons (Fsp3) is 0. The van der Waals surface area contributed by atoms with Gasteiger partial charge in [-0.1, -0.05) is 41.9 Å². The summed E-state index contributed by atoms with van der Waals surface area (Å²) >= 11 is 5.89. The molecule has 0 atom stereocenters. The van der Waals surface area contributed by atoms with E-state index in [1.54, 1.807) is 53.2 Å². The maximum atomic E-state index is 14.2. The Morgan fingerprint density at radius 1 is 0.929 bits per heavy atom. The van der Waals surface area contributed by atoms with Crippen LogP contribution in [-0.2, 0) is 0 Å². The van der Waals surface area contributed by atoms with Gasteiger partial charge >= 0.3 is 0 Å². The molecule has 1 N–H and O–H groups in total. The molecule has 28 heavy (non-hydrogen) atoms. The first-order valence-corrected chi connectivity index (χ1v) is 8.97. The van der Waals surface area contributed by atoms with Crippen LogP contribution < -0.4 is 5.32 Å². The number of hydrogen-bond acceptors (Lipinski definition) is 2. The second kappa shape index (κ2) is 7.66. The van der Waals surface area contributed by atoms with Crippen molar-refractivity contribution in [2.45, 2.75) is 0 Å². The Bertz CT molecular complexity index is 1120. The topological polar surface area (TPSA) is 46.9 Å². The highest BCUT2D eigenvalue weighted by Crippen LogP contribution is 2.27. The molecule has 0 aliphatic heterocycles. The summed E-state index contributed by atoms with van der Waals surface area (Å²) in [5, 5.41) is 7.91. The van der Waals surface area contributed by atoms with Crippen molar-refractivity contribution in [3.05, 3.63) is 101 Å². The zero-order valence-electron chi connectivity index (χ0n) is 14.6.